The van der Waals surface area contributed by atoms with Crippen molar-refractivity contribution in [3.63, 3.8) is 0 Å². The summed E-state index contributed by atoms with van der Waals surface area (Å²) in [7, 11) is 1.20. The molecule has 10 nitrogen and oxygen atoms in total. The van der Waals surface area contributed by atoms with Gasteiger partial charge in [0.05, 0.1) is 19.3 Å². The van der Waals surface area contributed by atoms with Gasteiger partial charge >= 0.3 is 6.18 Å². The van der Waals surface area contributed by atoms with Crippen LogP contribution in [0.3, 0.4) is 0 Å². The van der Waals surface area contributed by atoms with Crippen LogP contribution in [0.1, 0.15) is 40.7 Å². The number of rotatable bonds is 8. The highest BCUT2D eigenvalue weighted by atomic mass is 19.4. The molecule has 4 N–H and O–H groups in total. The zero-order chi connectivity index (χ0) is 32.9. The Hall–Kier alpha value is -4.99. The van der Waals surface area contributed by atoms with Crippen LogP contribution in [0.2, 0.25) is 0 Å². The molecule has 4 aromatic rings. The standard InChI is InChI=1S/C29H23F6N5O5/c1-27(26(36)42)12-45-23-17(27)10-20(38-22(23)13-3-5-16(30)6-4-13)28(43,29(33,34)35)11-37-25(41)15-7-14-8-18(24(31)32)39-40-21(14)19(9-15)44-2/h3-10,24,43H,11-12H2,1-2H3,(H2,36,42)(H,37,41)/t27-,28-/m0/s1. The molecule has 0 radical (unpaired) electrons. The third-order valence-corrected chi connectivity index (χ3v) is 7.51. The first-order valence-electron chi connectivity index (χ1n) is 13.0. The first-order valence-corrected chi connectivity index (χ1v) is 13.0. The van der Waals surface area contributed by atoms with Crippen molar-refractivity contribution >= 4 is 22.7 Å². The van der Waals surface area contributed by atoms with Crippen LogP contribution < -0.4 is 20.5 Å². The lowest BCUT2D eigenvalue weighted by Crippen LogP contribution is -2.51. The van der Waals surface area contributed by atoms with Crippen molar-refractivity contribution in [2.45, 2.75) is 30.5 Å². The average Bonchev–Trinajstić information content (AvgIpc) is 3.35. The molecule has 1 aliphatic rings. The Morgan fingerprint density at radius 1 is 1.13 bits per heavy atom. The Labute approximate surface area is 250 Å². The number of carbonyl (C=O) groups is 2. The molecule has 45 heavy (non-hydrogen) atoms. The molecular formula is C29H23F6N5O5. The van der Waals surface area contributed by atoms with Gasteiger partial charge in [-0.3, -0.25) is 9.59 Å². The zero-order valence-corrected chi connectivity index (χ0v) is 23.4. The monoisotopic (exact) mass is 635 g/mol. The van der Waals surface area contributed by atoms with Crippen molar-refractivity contribution < 1.29 is 50.5 Å². The fraction of sp³-hybridized carbons (Fsp3) is 0.276. The van der Waals surface area contributed by atoms with Gasteiger partial charge in [0.1, 0.15) is 46.2 Å². The molecule has 1 aliphatic heterocycles. The number of methoxy groups -OCH3 is 1. The van der Waals surface area contributed by atoms with E-state index in [0.29, 0.717) is 0 Å². The molecule has 236 valence electrons. The predicted molar refractivity (Wildman–Crippen MR) is 145 cm³/mol. The Bertz CT molecular complexity index is 1820. The van der Waals surface area contributed by atoms with Crippen LogP contribution in [-0.4, -0.2) is 58.5 Å². The minimum Gasteiger partial charge on any atom is -0.494 e. The number of primary amides is 1. The number of benzene rings is 2. The highest BCUT2D eigenvalue weighted by molar-refractivity contribution is 6.00. The fourth-order valence-electron chi connectivity index (χ4n) is 4.78. The molecule has 2 atom stereocenters. The minimum atomic E-state index is -5.45. The molecule has 0 fully saturated rings. The van der Waals surface area contributed by atoms with E-state index in [4.69, 9.17) is 15.2 Å². The van der Waals surface area contributed by atoms with Gasteiger partial charge in [0.25, 0.3) is 12.3 Å². The number of halogens is 6. The molecule has 2 aromatic heterocycles. The number of nitrogens with two attached hydrogens (primary N) is 1. The minimum absolute atomic E-state index is 0.00847. The van der Waals surface area contributed by atoms with E-state index in [1.165, 1.54) is 26.2 Å². The largest absolute Gasteiger partial charge is 0.494 e. The van der Waals surface area contributed by atoms with E-state index >= 15 is 0 Å². The second-order valence-corrected chi connectivity index (χ2v) is 10.5. The van der Waals surface area contributed by atoms with Crippen LogP contribution in [0.4, 0.5) is 26.3 Å². The summed E-state index contributed by atoms with van der Waals surface area (Å²) >= 11 is 0. The molecule has 2 aromatic carbocycles. The van der Waals surface area contributed by atoms with E-state index in [1.54, 1.807) is 0 Å². The summed E-state index contributed by atoms with van der Waals surface area (Å²) in [5.74, 6) is -2.88. The van der Waals surface area contributed by atoms with Crippen molar-refractivity contribution in [3.05, 3.63) is 76.9 Å². The van der Waals surface area contributed by atoms with Gasteiger partial charge in [-0.2, -0.15) is 13.2 Å². The van der Waals surface area contributed by atoms with Crippen LogP contribution >= 0.6 is 0 Å². The first kappa shape index (κ1) is 31.4. The lowest BCUT2D eigenvalue weighted by Gasteiger charge is -2.31. The lowest BCUT2D eigenvalue weighted by molar-refractivity contribution is -0.265. The molecule has 0 aliphatic carbocycles. The molecule has 5 rings (SSSR count). The van der Waals surface area contributed by atoms with Crippen LogP contribution in [0.15, 0.2) is 48.5 Å². The van der Waals surface area contributed by atoms with Crippen LogP contribution in [-0.2, 0) is 15.8 Å². The second-order valence-electron chi connectivity index (χ2n) is 10.5. The smallest absolute Gasteiger partial charge is 0.424 e. The Balaban J connectivity index is 1.58. The predicted octanol–water partition coefficient (Wildman–Crippen LogP) is 4.09. The molecule has 0 spiro atoms. The molecule has 3 heterocycles. The topological polar surface area (TPSA) is 150 Å². The number of alkyl halides is 5. The van der Waals surface area contributed by atoms with Gasteiger partial charge in [0.2, 0.25) is 11.5 Å². The molecular weight excluding hydrogens is 612 g/mol. The molecule has 0 unspecified atom stereocenters. The van der Waals surface area contributed by atoms with Gasteiger partial charge in [-0.25, -0.2) is 18.2 Å². The van der Waals surface area contributed by atoms with E-state index in [0.717, 1.165) is 36.4 Å². The van der Waals surface area contributed by atoms with Crippen molar-refractivity contribution in [1.29, 1.82) is 0 Å². The third-order valence-electron chi connectivity index (χ3n) is 7.51. The number of fused-ring (bicyclic) bond motifs is 2. The van der Waals surface area contributed by atoms with Gasteiger partial charge in [0.15, 0.2) is 0 Å². The average molecular weight is 636 g/mol. The van der Waals surface area contributed by atoms with Gasteiger partial charge in [-0.15, -0.1) is 10.2 Å². The van der Waals surface area contributed by atoms with E-state index in [2.05, 4.69) is 15.2 Å². The fourth-order valence-corrected chi connectivity index (χ4v) is 4.78. The summed E-state index contributed by atoms with van der Waals surface area (Å²) in [6.07, 6.45) is -8.44. The van der Waals surface area contributed by atoms with Crippen molar-refractivity contribution in [2.75, 3.05) is 20.3 Å². The number of nitrogens with one attached hydrogen (secondary N) is 1. The number of nitrogens with zero attached hydrogens (tertiary/aromatic N) is 3. The maximum atomic E-state index is 14.7. The number of pyridine rings is 1. The Morgan fingerprint density at radius 3 is 2.42 bits per heavy atom. The Kier molecular flexibility index (Phi) is 7.81. The summed E-state index contributed by atoms with van der Waals surface area (Å²) in [5.41, 5.74) is -2.17. The number of hydrogen-bond acceptors (Lipinski definition) is 8. The van der Waals surface area contributed by atoms with Gasteiger partial charge in [-0.05, 0) is 55.5 Å². The number of ether oxygens (including phenoxy) is 2. The summed E-state index contributed by atoms with van der Waals surface area (Å²) < 4.78 is 94.8. The maximum Gasteiger partial charge on any atom is 0.424 e. The summed E-state index contributed by atoms with van der Waals surface area (Å²) in [6.45, 7) is -0.486. The molecule has 0 bridgehead atoms. The number of amides is 2. The molecule has 0 saturated carbocycles. The van der Waals surface area contributed by atoms with E-state index < -0.39 is 59.2 Å². The van der Waals surface area contributed by atoms with Crippen LogP contribution in [0, 0.1) is 5.82 Å². The van der Waals surface area contributed by atoms with E-state index in [1.807, 2.05) is 5.32 Å². The SMILES string of the molecule is COc1cc(C(=O)NC[C@](O)(c2cc3c(c(-c4ccc(F)cc4)n2)OC[C@]3(C)C(N)=O)C(F)(F)F)cc2cc(C(F)F)nnc12. The maximum absolute atomic E-state index is 14.7. The molecule has 2 amide bonds. The van der Waals surface area contributed by atoms with Gasteiger partial charge in [-0.1, -0.05) is 0 Å². The van der Waals surface area contributed by atoms with E-state index in [-0.39, 0.29) is 51.4 Å². The van der Waals surface area contributed by atoms with Crippen molar-refractivity contribution in [1.82, 2.24) is 20.5 Å². The number of carbonyl (C=O) groups excluding carboxylic acids is 2. The van der Waals surface area contributed by atoms with Crippen molar-refractivity contribution in [2.24, 2.45) is 5.73 Å². The second kappa shape index (κ2) is 11.2. The number of aliphatic hydroxyl groups is 1. The number of aromatic nitrogens is 3. The summed E-state index contributed by atoms with van der Waals surface area (Å²) in [4.78, 5) is 29.5. The van der Waals surface area contributed by atoms with E-state index in [9.17, 15) is 41.0 Å². The summed E-state index contributed by atoms with van der Waals surface area (Å²) in [5, 5.41) is 20.3. The zero-order valence-electron chi connectivity index (χ0n) is 23.4. The Morgan fingerprint density at radius 2 is 1.82 bits per heavy atom. The summed E-state index contributed by atoms with van der Waals surface area (Å²) in [6, 6.07) is 8.47. The van der Waals surface area contributed by atoms with Gasteiger partial charge in [0, 0.05) is 22.1 Å². The van der Waals surface area contributed by atoms with Crippen LogP contribution in [0.25, 0.3) is 22.2 Å². The molecule has 0 saturated heterocycles. The third kappa shape index (κ3) is 5.45. The molecule has 16 heteroatoms. The van der Waals surface area contributed by atoms with Gasteiger partial charge < -0.3 is 25.6 Å². The quantitative estimate of drug-likeness (QED) is 0.245. The van der Waals surface area contributed by atoms with Crippen molar-refractivity contribution in [3.8, 4) is 22.8 Å². The lowest BCUT2D eigenvalue weighted by atomic mass is 9.81. The number of hydrogen-bond donors (Lipinski definition) is 3. The highest BCUT2D eigenvalue weighted by Gasteiger charge is 2.57. The highest BCUT2D eigenvalue weighted by Crippen LogP contribution is 2.47. The first-order chi connectivity index (χ1) is 21.1. The van der Waals surface area contributed by atoms with Crippen LogP contribution in [0.5, 0.6) is 11.5 Å². The normalized spacial score (nSPS) is 17.5.